The van der Waals surface area contributed by atoms with E-state index in [4.69, 9.17) is 9.47 Å². The smallest absolute Gasteiger partial charge is 0.229 e. The lowest BCUT2D eigenvalue weighted by Crippen LogP contribution is -2.24. The first-order chi connectivity index (χ1) is 11.7. The molecule has 0 aliphatic rings. The third kappa shape index (κ3) is 6.10. The van der Waals surface area contributed by atoms with Crippen LogP contribution < -0.4 is 14.8 Å². The molecule has 0 bridgehead atoms. The van der Waals surface area contributed by atoms with Crippen molar-refractivity contribution in [3.8, 4) is 11.5 Å². The average molecular weight is 342 g/mol. The summed E-state index contributed by atoms with van der Waals surface area (Å²) in [5.41, 5.74) is 1.04. The van der Waals surface area contributed by atoms with Crippen LogP contribution in [0.5, 0.6) is 11.5 Å². The van der Waals surface area contributed by atoms with Gasteiger partial charge < -0.3 is 14.8 Å². The Kier molecular flexibility index (Phi) is 6.02. The van der Waals surface area contributed by atoms with E-state index in [1.165, 1.54) is 0 Å². The van der Waals surface area contributed by atoms with Gasteiger partial charge in [-0.15, -0.1) is 0 Å². The van der Waals surface area contributed by atoms with Crippen LogP contribution in [0.3, 0.4) is 0 Å². The van der Waals surface area contributed by atoms with Crippen molar-refractivity contribution in [1.29, 1.82) is 0 Å². The molecule has 0 aliphatic heterocycles. The Morgan fingerprint density at radius 1 is 1.16 bits per heavy atom. The highest BCUT2D eigenvalue weighted by Crippen LogP contribution is 2.27. The Bertz CT molecular complexity index is 721. The number of carbonyl (C=O) groups is 1. The van der Waals surface area contributed by atoms with Gasteiger partial charge in [-0.2, -0.15) is 0 Å². The van der Waals surface area contributed by atoms with E-state index in [0.717, 1.165) is 11.3 Å². The maximum Gasteiger partial charge on any atom is 0.229 e. The highest BCUT2D eigenvalue weighted by atomic mass is 16.5. The first-order valence-electron chi connectivity index (χ1n) is 8.42. The van der Waals surface area contributed by atoms with E-state index in [-0.39, 0.29) is 24.0 Å². The predicted molar refractivity (Wildman–Crippen MR) is 99.2 cm³/mol. The van der Waals surface area contributed by atoms with Gasteiger partial charge in [0.2, 0.25) is 5.91 Å². The lowest BCUT2D eigenvalue weighted by molar-refractivity contribution is -0.115. The van der Waals surface area contributed by atoms with Crippen molar-refractivity contribution in [3.63, 3.8) is 0 Å². The summed E-state index contributed by atoms with van der Waals surface area (Å²) in [6, 6.07) is 9.31. The van der Waals surface area contributed by atoms with Crippen LogP contribution in [-0.2, 0) is 11.2 Å². The summed E-state index contributed by atoms with van der Waals surface area (Å²) in [4.78, 5) is 16.6. The molecule has 0 spiro atoms. The minimum Gasteiger partial charge on any atom is -0.491 e. The molecule has 0 unspecified atom stereocenters. The largest absolute Gasteiger partial charge is 0.491 e. The van der Waals surface area contributed by atoms with E-state index in [0.29, 0.717) is 11.4 Å². The fraction of sp³-hybridized carbons (Fsp3) is 0.400. The van der Waals surface area contributed by atoms with E-state index in [9.17, 15) is 4.79 Å². The van der Waals surface area contributed by atoms with Crippen LogP contribution in [0.15, 0.2) is 42.7 Å². The lowest BCUT2D eigenvalue weighted by atomic mass is 10.1. The van der Waals surface area contributed by atoms with Gasteiger partial charge in [-0.05, 0) is 40.7 Å². The molecule has 1 aromatic carbocycles. The Hall–Kier alpha value is -2.56. The van der Waals surface area contributed by atoms with Crippen molar-refractivity contribution in [3.05, 3.63) is 48.3 Å². The molecule has 1 aromatic heterocycles. The van der Waals surface area contributed by atoms with Crippen molar-refractivity contribution >= 4 is 11.6 Å². The molecule has 1 N–H and O–H groups in total. The number of amides is 1. The summed E-state index contributed by atoms with van der Waals surface area (Å²) < 4.78 is 11.6. The van der Waals surface area contributed by atoms with Crippen molar-refractivity contribution in [2.24, 2.45) is 0 Å². The number of hydrogen-bond donors (Lipinski definition) is 1. The molecule has 0 saturated carbocycles. The first-order valence-corrected chi connectivity index (χ1v) is 8.42. The third-order valence-electron chi connectivity index (χ3n) is 3.16. The lowest BCUT2D eigenvalue weighted by Gasteiger charge is -2.23. The highest BCUT2D eigenvalue weighted by molar-refractivity contribution is 5.93. The number of benzene rings is 1. The van der Waals surface area contributed by atoms with Crippen LogP contribution in [0.1, 0.15) is 40.2 Å². The normalized spacial score (nSPS) is 11.3. The molecular weight excluding hydrogens is 316 g/mol. The fourth-order valence-electron chi connectivity index (χ4n) is 2.28. The summed E-state index contributed by atoms with van der Waals surface area (Å²) in [5, 5.41) is 2.88. The van der Waals surface area contributed by atoms with E-state index < -0.39 is 0 Å². The molecule has 0 fully saturated rings. The quantitative estimate of drug-likeness (QED) is 0.853. The molecule has 1 amide bonds. The molecule has 0 atom stereocenters. The van der Waals surface area contributed by atoms with Crippen LogP contribution >= 0.6 is 0 Å². The zero-order valence-corrected chi connectivity index (χ0v) is 15.5. The van der Waals surface area contributed by atoms with Crippen LogP contribution in [0.2, 0.25) is 0 Å². The molecule has 25 heavy (non-hydrogen) atoms. The Balaban J connectivity index is 2.12. The fourth-order valence-corrected chi connectivity index (χ4v) is 2.28. The number of carbonyl (C=O) groups excluding carboxylic acids is 1. The average Bonchev–Trinajstić information content (AvgIpc) is 2.49. The maximum atomic E-state index is 12.5. The zero-order valence-electron chi connectivity index (χ0n) is 15.5. The van der Waals surface area contributed by atoms with Gasteiger partial charge in [-0.3, -0.25) is 9.78 Å². The number of nitrogens with zero attached hydrogens (tertiary/aromatic N) is 1. The molecule has 134 valence electrons. The molecule has 5 nitrogen and oxygen atoms in total. The van der Waals surface area contributed by atoms with E-state index >= 15 is 0 Å². The second kappa shape index (κ2) is 8.01. The summed E-state index contributed by atoms with van der Waals surface area (Å²) in [5.74, 6) is 1.18. The van der Waals surface area contributed by atoms with Gasteiger partial charge in [0.1, 0.15) is 22.8 Å². The third-order valence-corrected chi connectivity index (χ3v) is 3.16. The van der Waals surface area contributed by atoms with Gasteiger partial charge in [0, 0.05) is 17.8 Å². The summed E-state index contributed by atoms with van der Waals surface area (Å²) >= 11 is 0. The molecule has 0 aliphatic carbocycles. The van der Waals surface area contributed by atoms with E-state index in [1.54, 1.807) is 18.5 Å². The van der Waals surface area contributed by atoms with Gasteiger partial charge in [0.25, 0.3) is 0 Å². The summed E-state index contributed by atoms with van der Waals surface area (Å²) in [7, 11) is 0. The number of rotatable bonds is 6. The number of pyridine rings is 1. The molecule has 2 aromatic rings. The molecule has 5 heteroatoms. The zero-order chi connectivity index (χ0) is 18.4. The molecule has 1 heterocycles. The molecule has 0 radical (unpaired) electrons. The molecular formula is C20H26N2O3. The Morgan fingerprint density at radius 2 is 1.88 bits per heavy atom. The van der Waals surface area contributed by atoms with Crippen LogP contribution in [-0.4, -0.2) is 22.6 Å². The first kappa shape index (κ1) is 18.8. The number of anilines is 1. The van der Waals surface area contributed by atoms with Crippen molar-refractivity contribution in [2.75, 3.05) is 5.32 Å². The van der Waals surface area contributed by atoms with Crippen molar-refractivity contribution in [2.45, 2.75) is 52.7 Å². The number of ether oxygens (including phenoxy) is 2. The monoisotopic (exact) mass is 342 g/mol. The van der Waals surface area contributed by atoms with Gasteiger partial charge >= 0.3 is 0 Å². The van der Waals surface area contributed by atoms with Crippen LogP contribution in [0.25, 0.3) is 0 Å². The van der Waals surface area contributed by atoms with Gasteiger partial charge in [-0.25, -0.2) is 0 Å². The molecule has 2 rings (SSSR count). The Morgan fingerprint density at radius 3 is 2.56 bits per heavy atom. The van der Waals surface area contributed by atoms with Crippen LogP contribution in [0, 0.1) is 0 Å². The minimum absolute atomic E-state index is 0.0503. The van der Waals surface area contributed by atoms with Gasteiger partial charge in [0.05, 0.1) is 18.7 Å². The molecule has 0 saturated heterocycles. The second-order valence-corrected chi connectivity index (χ2v) is 7.09. The minimum atomic E-state index is -0.363. The SMILES string of the molecule is CC(C)Oc1ccccc1CC(=O)Nc1cnccc1OC(C)(C)C. The predicted octanol–water partition coefficient (Wildman–Crippen LogP) is 4.23. The second-order valence-electron chi connectivity index (χ2n) is 7.09. The summed E-state index contributed by atoms with van der Waals surface area (Å²) in [6.45, 7) is 9.79. The maximum absolute atomic E-state index is 12.5. The number of para-hydroxylation sites is 1. The highest BCUT2D eigenvalue weighted by Gasteiger charge is 2.17. The number of hydrogen-bond acceptors (Lipinski definition) is 4. The van der Waals surface area contributed by atoms with Crippen LogP contribution in [0.4, 0.5) is 5.69 Å². The van der Waals surface area contributed by atoms with E-state index in [2.05, 4.69) is 10.3 Å². The topological polar surface area (TPSA) is 60.5 Å². The van der Waals surface area contributed by atoms with Gasteiger partial charge in [-0.1, -0.05) is 18.2 Å². The van der Waals surface area contributed by atoms with Gasteiger partial charge in [0.15, 0.2) is 0 Å². The van der Waals surface area contributed by atoms with Crippen molar-refractivity contribution < 1.29 is 14.3 Å². The number of aromatic nitrogens is 1. The van der Waals surface area contributed by atoms with E-state index in [1.807, 2.05) is 58.9 Å². The summed E-state index contributed by atoms with van der Waals surface area (Å²) in [6.07, 6.45) is 3.50. The standard InChI is InChI=1S/C20H26N2O3/c1-14(2)24-17-9-7-6-8-15(17)12-19(23)22-16-13-21-11-10-18(16)25-20(3,4)5/h6-11,13-14H,12H2,1-5H3,(H,22,23). The number of nitrogens with one attached hydrogen (secondary N) is 1. The van der Waals surface area contributed by atoms with Crippen molar-refractivity contribution in [1.82, 2.24) is 4.98 Å². The Labute approximate surface area is 149 Å².